The SMILES string of the molecule is C=CC(=O)OOCC(=O)O. The second kappa shape index (κ2) is 4.51. The normalized spacial score (nSPS) is 8.40. The van der Waals surface area contributed by atoms with Crippen LogP contribution < -0.4 is 0 Å². The van der Waals surface area contributed by atoms with E-state index in [1.54, 1.807) is 0 Å². The molecule has 0 aliphatic rings. The fourth-order valence-corrected chi connectivity index (χ4v) is 0.172. The summed E-state index contributed by atoms with van der Waals surface area (Å²) in [5, 5.41) is 7.96. The molecule has 5 heteroatoms. The molecule has 5 nitrogen and oxygen atoms in total. The van der Waals surface area contributed by atoms with E-state index in [0.29, 0.717) is 0 Å². The van der Waals surface area contributed by atoms with Crippen LogP contribution in [-0.2, 0) is 19.4 Å². The summed E-state index contributed by atoms with van der Waals surface area (Å²) in [5.41, 5.74) is 0. The number of aliphatic carboxylic acids is 1. The molecule has 0 aliphatic carbocycles. The van der Waals surface area contributed by atoms with Crippen molar-refractivity contribution in [1.82, 2.24) is 0 Å². The van der Waals surface area contributed by atoms with Crippen LogP contribution >= 0.6 is 0 Å². The third-order valence-corrected chi connectivity index (χ3v) is 0.490. The summed E-state index contributed by atoms with van der Waals surface area (Å²) in [7, 11) is 0. The van der Waals surface area contributed by atoms with Gasteiger partial charge in [-0.1, -0.05) is 6.58 Å². The molecule has 0 spiro atoms. The highest BCUT2D eigenvalue weighted by atomic mass is 17.2. The van der Waals surface area contributed by atoms with E-state index in [1.165, 1.54) is 0 Å². The van der Waals surface area contributed by atoms with Crippen molar-refractivity contribution in [3.8, 4) is 0 Å². The summed E-state index contributed by atoms with van der Waals surface area (Å²) < 4.78 is 0. The lowest BCUT2D eigenvalue weighted by atomic mass is 10.7. The van der Waals surface area contributed by atoms with Crippen molar-refractivity contribution < 1.29 is 24.5 Å². The number of hydrogen-bond donors (Lipinski definition) is 1. The maximum atomic E-state index is 10.1. The van der Waals surface area contributed by atoms with E-state index < -0.39 is 18.5 Å². The first-order chi connectivity index (χ1) is 4.66. The van der Waals surface area contributed by atoms with Crippen LogP contribution in [-0.4, -0.2) is 23.7 Å². The van der Waals surface area contributed by atoms with Gasteiger partial charge >= 0.3 is 11.9 Å². The zero-order valence-corrected chi connectivity index (χ0v) is 5.07. The molecule has 0 fully saturated rings. The third kappa shape index (κ3) is 4.79. The zero-order chi connectivity index (χ0) is 7.98. The minimum absolute atomic E-state index is 0.667. The van der Waals surface area contributed by atoms with Gasteiger partial charge in [0.2, 0.25) is 0 Å². The maximum absolute atomic E-state index is 10.1. The smallest absolute Gasteiger partial charge is 0.365 e. The Morgan fingerprint density at radius 2 is 2.20 bits per heavy atom. The summed E-state index contributed by atoms with van der Waals surface area (Å²) in [6.45, 7) is 2.39. The first-order valence-electron chi connectivity index (χ1n) is 2.34. The molecule has 0 rings (SSSR count). The van der Waals surface area contributed by atoms with Gasteiger partial charge in [0.05, 0.1) is 0 Å². The molecule has 0 heterocycles. The van der Waals surface area contributed by atoms with Gasteiger partial charge in [0.1, 0.15) is 0 Å². The molecule has 0 aromatic rings. The van der Waals surface area contributed by atoms with Crippen LogP contribution in [0.1, 0.15) is 0 Å². The number of rotatable bonds is 4. The van der Waals surface area contributed by atoms with Gasteiger partial charge in [-0.15, -0.1) is 0 Å². The lowest BCUT2D eigenvalue weighted by molar-refractivity contribution is -0.266. The van der Waals surface area contributed by atoms with E-state index in [4.69, 9.17) is 5.11 Å². The number of carbonyl (C=O) groups is 2. The van der Waals surface area contributed by atoms with Crippen molar-refractivity contribution in [3.05, 3.63) is 12.7 Å². The third-order valence-electron chi connectivity index (χ3n) is 0.490. The van der Waals surface area contributed by atoms with Crippen LogP contribution in [0.15, 0.2) is 12.7 Å². The Morgan fingerprint density at radius 1 is 1.60 bits per heavy atom. The summed E-state index contributed by atoms with van der Waals surface area (Å²) in [6, 6.07) is 0. The van der Waals surface area contributed by atoms with Gasteiger partial charge < -0.3 is 5.11 Å². The van der Waals surface area contributed by atoms with Gasteiger partial charge in [0.15, 0.2) is 6.61 Å². The number of carboxylic acid groups (broad SMARTS) is 1. The van der Waals surface area contributed by atoms with E-state index in [2.05, 4.69) is 16.4 Å². The summed E-state index contributed by atoms with van der Waals surface area (Å²) >= 11 is 0. The van der Waals surface area contributed by atoms with Crippen LogP contribution in [0.2, 0.25) is 0 Å². The molecule has 0 atom stereocenters. The Hall–Kier alpha value is -1.36. The van der Waals surface area contributed by atoms with Crippen LogP contribution in [0.3, 0.4) is 0 Å². The van der Waals surface area contributed by atoms with Crippen LogP contribution in [0.25, 0.3) is 0 Å². The minimum Gasteiger partial charge on any atom is -0.479 e. The van der Waals surface area contributed by atoms with Crippen molar-refractivity contribution in [3.63, 3.8) is 0 Å². The van der Waals surface area contributed by atoms with E-state index in [9.17, 15) is 9.59 Å². The Morgan fingerprint density at radius 3 is 2.60 bits per heavy atom. The summed E-state index contributed by atoms with van der Waals surface area (Å²) in [4.78, 5) is 27.7. The van der Waals surface area contributed by atoms with Gasteiger partial charge in [-0.3, -0.25) is 4.89 Å². The Kier molecular flexibility index (Phi) is 3.90. The van der Waals surface area contributed by atoms with E-state index in [0.717, 1.165) is 6.08 Å². The maximum Gasteiger partial charge on any atom is 0.365 e. The van der Waals surface area contributed by atoms with E-state index in [-0.39, 0.29) is 0 Å². The summed E-state index contributed by atoms with van der Waals surface area (Å²) in [6.07, 6.45) is 0.863. The number of hydrogen-bond acceptors (Lipinski definition) is 4. The molecule has 0 aromatic heterocycles. The Balaban J connectivity index is 3.28. The quantitative estimate of drug-likeness (QED) is 0.336. The molecular weight excluding hydrogens is 140 g/mol. The Bertz CT molecular complexity index is 150. The molecule has 56 valence electrons. The topological polar surface area (TPSA) is 72.8 Å². The van der Waals surface area contributed by atoms with Gasteiger partial charge in [-0.2, -0.15) is 4.89 Å². The highest BCUT2D eigenvalue weighted by molar-refractivity contribution is 5.80. The highest BCUT2D eigenvalue weighted by Crippen LogP contribution is 1.80. The molecule has 10 heavy (non-hydrogen) atoms. The van der Waals surface area contributed by atoms with Crippen molar-refractivity contribution in [2.24, 2.45) is 0 Å². The van der Waals surface area contributed by atoms with Crippen LogP contribution in [0, 0.1) is 0 Å². The lowest BCUT2D eigenvalue weighted by Crippen LogP contribution is -2.10. The van der Waals surface area contributed by atoms with Crippen molar-refractivity contribution in [2.75, 3.05) is 6.61 Å². The Labute approximate surface area is 56.8 Å². The first-order valence-corrected chi connectivity index (χ1v) is 2.34. The molecule has 1 N–H and O–H groups in total. The monoisotopic (exact) mass is 146 g/mol. The number of carbonyl (C=O) groups excluding carboxylic acids is 1. The van der Waals surface area contributed by atoms with E-state index in [1.807, 2.05) is 0 Å². The van der Waals surface area contributed by atoms with Crippen LogP contribution in [0.5, 0.6) is 0 Å². The largest absolute Gasteiger partial charge is 0.479 e. The first kappa shape index (κ1) is 8.64. The molecular formula is C5H6O5. The highest BCUT2D eigenvalue weighted by Gasteiger charge is 1.99. The van der Waals surface area contributed by atoms with Crippen molar-refractivity contribution >= 4 is 11.9 Å². The zero-order valence-electron chi connectivity index (χ0n) is 5.07. The molecule has 0 saturated carbocycles. The molecule has 0 amide bonds. The van der Waals surface area contributed by atoms with E-state index >= 15 is 0 Å². The standard InChI is InChI=1S/C5H6O5/c1-2-5(8)10-9-3-4(6)7/h2H,1,3H2,(H,6,7). The molecule has 0 unspecified atom stereocenters. The second-order valence-corrected chi connectivity index (χ2v) is 1.26. The average Bonchev–Trinajstić information content (AvgIpc) is 1.87. The average molecular weight is 146 g/mol. The summed E-state index contributed by atoms with van der Waals surface area (Å²) in [5.74, 6) is -2.03. The predicted molar refractivity (Wildman–Crippen MR) is 29.9 cm³/mol. The van der Waals surface area contributed by atoms with Gasteiger partial charge in [-0.25, -0.2) is 9.59 Å². The molecule has 0 saturated heterocycles. The van der Waals surface area contributed by atoms with Crippen molar-refractivity contribution in [2.45, 2.75) is 0 Å². The van der Waals surface area contributed by atoms with Gasteiger partial charge in [0.25, 0.3) is 0 Å². The van der Waals surface area contributed by atoms with Crippen LogP contribution in [0.4, 0.5) is 0 Å². The molecule has 0 aromatic carbocycles. The predicted octanol–water partition coefficient (Wildman–Crippen LogP) is -0.268. The van der Waals surface area contributed by atoms with Crippen molar-refractivity contribution in [1.29, 1.82) is 0 Å². The molecule has 0 aliphatic heterocycles. The fourth-order valence-electron chi connectivity index (χ4n) is 0.172. The fraction of sp³-hybridized carbons (Fsp3) is 0.200. The lowest BCUT2D eigenvalue weighted by Gasteiger charge is -1.95. The van der Waals surface area contributed by atoms with Gasteiger partial charge in [-0.05, 0) is 0 Å². The molecule has 0 radical (unpaired) electrons. The number of carboxylic acids is 1. The second-order valence-electron chi connectivity index (χ2n) is 1.26. The minimum atomic E-state index is -1.21. The van der Waals surface area contributed by atoms with Gasteiger partial charge in [0, 0.05) is 6.08 Å². The molecule has 0 bridgehead atoms.